The van der Waals surface area contributed by atoms with Crippen molar-refractivity contribution in [1.82, 2.24) is 14.7 Å². The highest BCUT2D eigenvalue weighted by atomic mass is 16.4. The molecule has 0 radical (unpaired) electrons. The molecule has 0 saturated heterocycles. The smallest absolute Gasteiger partial charge is 0.323 e. The molecule has 17 heavy (non-hydrogen) atoms. The first-order chi connectivity index (χ1) is 7.75. The zero-order chi connectivity index (χ0) is 13.2. The maximum Gasteiger partial charge on any atom is 0.323 e. The van der Waals surface area contributed by atoms with E-state index in [1.165, 1.54) is 11.9 Å². The van der Waals surface area contributed by atoms with Crippen LogP contribution in [0.1, 0.15) is 19.4 Å². The van der Waals surface area contributed by atoms with Gasteiger partial charge in [-0.2, -0.15) is 5.10 Å². The molecular weight excluding hydrogens is 222 g/mol. The molecule has 1 aromatic heterocycles. The van der Waals surface area contributed by atoms with E-state index >= 15 is 0 Å². The Labute approximate surface area is 99.8 Å². The van der Waals surface area contributed by atoms with Crippen LogP contribution >= 0.6 is 0 Å². The Balaban J connectivity index is 2.90. The van der Waals surface area contributed by atoms with Crippen LogP contribution in [0.2, 0.25) is 0 Å². The van der Waals surface area contributed by atoms with Crippen molar-refractivity contribution in [2.75, 3.05) is 13.6 Å². The lowest BCUT2D eigenvalue weighted by molar-refractivity contribution is -0.147. The van der Waals surface area contributed by atoms with Crippen LogP contribution in [0.15, 0.2) is 12.4 Å². The van der Waals surface area contributed by atoms with Crippen molar-refractivity contribution in [3.05, 3.63) is 18.0 Å². The number of hydrogen-bond donors (Lipinski definition) is 1. The average molecular weight is 239 g/mol. The molecule has 0 unspecified atom stereocenters. The van der Waals surface area contributed by atoms with Crippen LogP contribution in [0.3, 0.4) is 0 Å². The van der Waals surface area contributed by atoms with Gasteiger partial charge in [-0.15, -0.1) is 0 Å². The van der Waals surface area contributed by atoms with Crippen LogP contribution < -0.4 is 0 Å². The monoisotopic (exact) mass is 239 g/mol. The van der Waals surface area contributed by atoms with E-state index in [0.29, 0.717) is 0 Å². The second-order valence-electron chi connectivity index (χ2n) is 4.58. The van der Waals surface area contributed by atoms with Gasteiger partial charge in [0.15, 0.2) is 0 Å². The van der Waals surface area contributed by atoms with E-state index in [-0.39, 0.29) is 12.5 Å². The third-order valence-corrected chi connectivity index (χ3v) is 2.53. The summed E-state index contributed by atoms with van der Waals surface area (Å²) in [7, 11) is 1.47. The van der Waals surface area contributed by atoms with E-state index in [2.05, 4.69) is 5.10 Å². The number of carboxylic acid groups (broad SMARTS) is 1. The van der Waals surface area contributed by atoms with Gasteiger partial charge in [-0.1, -0.05) is 0 Å². The first-order valence-corrected chi connectivity index (χ1v) is 5.24. The lowest BCUT2D eigenvalue weighted by atomic mass is 10.0. The predicted molar refractivity (Wildman–Crippen MR) is 61.6 cm³/mol. The molecule has 94 valence electrons. The van der Waals surface area contributed by atoms with Crippen molar-refractivity contribution in [3.8, 4) is 0 Å². The summed E-state index contributed by atoms with van der Waals surface area (Å²) in [5.74, 6) is -1.32. The molecule has 1 aromatic rings. The normalized spacial score (nSPS) is 11.3. The van der Waals surface area contributed by atoms with Crippen molar-refractivity contribution < 1.29 is 14.7 Å². The van der Waals surface area contributed by atoms with Gasteiger partial charge in [-0.05, 0) is 26.3 Å². The predicted octanol–water partition coefficient (Wildman–Crippen LogP) is 0.470. The van der Waals surface area contributed by atoms with E-state index in [1.807, 2.05) is 6.92 Å². The minimum atomic E-state index is -1.03. The molecule has 6 nitrogen and oxygen atoms in total. The Kier molecular flexibility index (Phi) is 3.55. The van der Waals surface area contributed by atoms with Crippen molar-refractivity contribution in [3.63, 3.8) is 0 Å². The molecule has 0 aliphatic rings. The minimum absolute atomic E-state index is 0.289. The van der Waals surface area contributed by atoms with Crippen molar-refractivity contribution in [2.24, 2.45) is 0 Å². The molecule has 6 heteroatoms. The molecular formula is C11H17N3O3. The molecule has 1 N–H and O–H groups in total. The van der Waals surface area contributed by atoms with Gasteiger partial charge in [0.1, 0.15) is 12.1 Å². The fraction of sp³-hybridized carbons (Fsp3) is 0.545. The quantitative estimate of drug-likeness (QED) is 0.828. The summed E-state index contributed by atoms with van der Waals surface area (Å²) in [5.41, 5.74) is 0.0603. The summed E-state index contributed by atoms with van der Waals surface area (Å²) in [5, 5.41) is 12.7. The number of aliphatic carboxylic acids is 1. The van der Waals surface area contributed by atoms with Gasteiger partial charge in [0, 0.05) is 13.2 Å². The molecule has 1 amide bonds. The standard InChI is InChI=1S/C11H17N3O3/c1-8-5-12-14(6-8)11(2,3)10(17)13(4)7-9(15)16/h5-6H,7H2,1-4H3,(H,15,16). The lowest BCUT2D eigenvalue weighted by Crippen LogP contribution is -2.47. The van der Waals surface area contributed by atoms with E-state index in [1.54, 1.807) is 30.9 Å². The molecule has 0 saturated carbocycles. The second kappa shape index (κ2) is 4.57. The summed E-state index contributed by atoms with van der Waals surface area (Å²) in [4.78, 5) is 23.9. The number of carbonyl (C=O) groups excluding carboxylic acids is 1. The van der Waals surface area contributed by atoms with Gasteiger partial charge in [0.2, 0.25) is 5.91 Å². The maximum atomic E-state index is 12.1. The van der Waals surface area contributed by atoms with Crippen molar-refractivity contribution >= 4 is 11.9 Å². The van der Waals surface area contributed by atoms with Gasteiger partial charge < -0.3 is 10.0 Å². The molecule has 0 fully saturated rings. The van der Waals surface area contributed by atoms with E-state index < -0.39 is 11.5 Å². The number of nitrogens with zero attached hydrogens (tertiary/aromatic N) is 3. The van der Waals surface area contributed by atoms with Gasteiger partial charge in [0.05, 0.1) is 6.20 Å². The van der Waals surface area contributed by atoms with Crippen LogP contribution in [-0.2, 0) is 15.1 Å². The molecule has 0 aromatic carbocycles. The fourth-order valence-electron chi connectivity index (χ4n) is 1.56. The molecule has 0 aliphatic heterocycles. The van der Waals surface area contributed by atoms with Crippen molar-refractivity contribution in [1.29, 1.82) is 0 Å². The highest BCUT2D eigenvalue weighted by Crippen LogP contribution is 2.17. The zero-order valence-corrected chi connectivity index (χ0v) is 10.5. The Morgan fingerprint density at radius 2 is 2.12 bits per heavy atom. The Morgan fingerprint density at radius 3 is 2.53 bits per heavy atom. The zero-order valence-electron chi connectivity index (χ0n) is 10.5. The number of carbonyl (C=O) groups is 2. The maximum absolute atomic E-state index is 12.1. The van der Waals surface area contributed by atoms with E-state index in [9.17, 15) is 9.59 Å². The van der Waals surface area contributed by atoms with Gasteiger partial charge in [-0.3, -0.25) is 14.3 Å². The van der Waals surface area contributed by atoms with Gasteiger partial charge in [-0.25, -0.2) is 0 Å². The average Bonchev–Trinajstić information content (AvgIpc) is 2.63. The number of rotatable bonds is 4. The van der Waals surface area contributed by atoms with Crippen LogP contribution in [-0.4, -0.2) is 45.3 Å². The third-order valence-electron chi connectivity index (χ3n) is 2.53. The second-order valence-corrected chi connectivity index (χ2v) is 4.58. The molecule has 1 rings (SSSR count). The number of carboxylic acids is 1. The molecule has 1 heterocycles. The van der Waals surface area contributed by atoms with Crippen LogP contribution in [0.5, 0.6) is 0 Å². The van der Waals surface area contributed by atoms with E-state index in [0.717, 1.165) is 5.56 Å². The Bertz CT molecular complexity index is 437. The fourth-order valence-corrected chi connectivity index (χ4v) is 1.56. The molecule has 0 atom stereocenters. The summed E-state index contributed by atoms with van der Waals surface area (Å²) in [6, 6.07) is 0. The summed E-state index contributed by atoms with van der Waals surface area (Å²) in [6.07, 6.45) is 3.42. The highest BCUT2D eigenvalue weighted by Gasteiger charge is 2.33. The topological polar surface area (TPSA) is 75.4 Å². The third kappa shape index (κ3) is 2.83. The summed E-state index contributed by atoms with van der Waals surface area (Å²) in [6.45, 7) is 4.98. The van der Waals surface area contributed by atoms with Gasteiger partial charge >= 0.3 is 5.97 Å². The largest absolute Gasteiger partial charge is 0.480 e. The minimum Gasteiger partial charge on any atom is -0.480 e. The first-order valence-electron chi connectivity index (χ1n) is 5.24. The Morgan fingerprint density at radius 1 is 1.53 bits per heavy atom. The highest BCUT2D eigenvalue weighted by molar-refractivity contribution is 5.86. The summed E-state index contributed by atoms with van der Waals surface area (Å²) < 4.78 is 1.54. The molecule has 0 spiro atoms. The van der Waals surface area contributed by atoms with Crippen LogP contribution in [0, 0.1) is 6.92 Å². The Hall–Kier alpha value is -1.85. The number of aromatic nitrogens is 2. The number of hydrogen-bond acceptors (Lipinski definition) is 3. The number of likely N-dealkylation sites (N-methyl/N-ethyl adjacent to an activating group) is 1. The SMILES string of the molecule is Cc1cnn(C(C)(C)C(=O)N(C)CC(=O)O)c1. The van der Waals surface area contributed by atoms with Crippen molar-refractivity contribution in [2.45, 2.75) is 26.3 Å². The van der Waals surface area contributed by atoms with Gasteiger partial charge in [0.25, 0.3) is 0 Å². The first kappa shape index (κ1) is 13.2. The summed E-state index contributed by atoms with van der Waals surface area (Å²) >= 11 is 0. The van der Waals surface area contributed by atoms with E-state index in [4.69, 9.17) is 5.11 Å². The number of amides is 1. The van der Waals surface area contributed by atoms with Crippen LogP contribution in [0.4, 0.5) is 0 Å². The lowest BCUT2D eigenvalue weighted by Gasteiger charge is -2.28. The van der Waals surface area contributed by atoms with Crippen LogP contribution in [0.25, 0.3) is 0 Å². The molecule has 0 bridgehead atoms. The molecule has 0 aliphatic carbocycles. The number of aryl methyl sites for hydroxylation is 1.